The number of carbonyl (C=O) groups is 1. The van der Waals surface area contributed by atoms with Crippen molar-refractivity contribution in [1.82, 2.24) is 9.80 Å². The van der Waals surface area contributed by atoms with Crippen LogP contribution in [0, 0.1) is 11.7 Å². The van der Waals surface area contributed by atoms with Crippen LogP contribution in [0.3, 0.4) is 0 Å². The molecule has 0 saturated carbocycles. The van der Waals surface area contributed by atoms with Gasteiger partial charge in [-0.25, -0.2) is 4.39 Å². The van der Waals surface area contributed by atoms with Crippen LogP contribution in [-0.2, 0) is 11.3 Å². The molecule has 0 unspecified atom stereocenters. The molecule has 116 valence electrons. The minimum Gasteiger partial charge on any atom is -0.396 e. The molecule has 2 rings (SSSR count). The zero-order valence-corrected chi connectivity index (χ0v) is 12.5. The number of aliphatic hydroxyl groups is 1. The van der Waals surface area contributed by atoms with Crippen molar-refractivity contribution in [1.29, 1.82) is 0 Å². The molecule has 0 spiro atoms. The standard InChI is InChI=1S/C16H23FN2O2/c1-18(10-14-4-2-3-5-15(14)17)16(21)11-19-8-6-13(12-20)7-9-19/h2-5,13,20H,6-12H2,1H3. The Labute approximate surface area is 125 Å². The van der Waals surface area contributed by atoms with E-state index in [4.69, 9.17) is 5.11 Å². The third-order valence-electron chi connectivity index (χ3n) is 4.12. The molecule has 0 radical (unpaired) electrons. The SMILES string of the molecule is CN(Cc1ccccc1F)C(=O)CN1CCC(CO)CC1. The van der Waals surface area contributed by atoms with Gasteiger partial charge in [0.05, 0.1) is 6.54 Å². The molecule has 1 fully saturated rings. The minimum absolute atomic E-state index is 0.000650. The summed E-state index contributed by atoms with van der Waals surface area (Å²) in [6.07, 6.45) is 1.86. The number of likely N-dealkylation sites (tertiary alicyclic amines) is 1. The van der Waals surface area contributed by atoms with E-state index >= 15 is 0 Å². The molecular formula is C16H23FN2O2. The van der Waals surface area contributed by atoms with Crippen molar-refractivity contribution in [2.24, 2.45) is 5.92 Å². The fourth-order valence-electron chi connectivity index (χ4n) is 2.61. The quantitative estimate of drug-likeness (QED) is 0.895. The second kappa shape index (κ2) is 7.52. The minimum atomic E-state index is -0.277. The third kappa shape index (κ3) is 4.51. The second-order valence-electron chi connectivity index (χ2n) is 5.74. The van der Waals surface area contributed by atoms with E-state index in [2.05, 4.69) is 4.90 Å². The number of hydrogen-bond acceptors (Lipinski definition) is 3. The molecule has 0 atom stereocenters. The van der Waals surface area contributed by atoms with Gasteiger partial charge in [0.2, 0.25) is 5.91 Å². The normalized spacial score (nSPS) is 16.9. The summed E-state index contributed by atoms with van der Waals surface area (Å²) in [4.78, 5) is 15.9. The molecule has 1 amide bonds. The first kappa shape index (κ1) is 15.9. The van der Waals surface area contributed by atoms with Crippen LogP contribution >= 0.6 is 0 Å². The summed E-state index contributed by atoms with van der Waals surface area (Å²) in [5, 5.41) is 9.11. The summed E-state index contributed by atoms with van der Waals surface area (Å²) in [5.74, 6) is 0.0918. The van der Waals surface area contributed by atoms with Crippen molar-refractivity contribution in [3.05, 3.63) is 35.6 Å². The van der Waals surface area contributed by atoms with E-state index in [1.54, 1.807) is 30.1 Å². The molecule has 1 aromatic carbocycles. The Morgan fingerprint density at radius 2 is 2.05 bits per heavy atom. The number of nitrogens with zero attached hydrogens (tertiary/aromatic N) is 2. The average molecular weight is 294 g/mol. The predicted octanol–water partition coefficient (Wildman–Crippen LogP) is 1.49. The Balaban J connectivity index is 1.82. The fraction of sp³-hybridized carbons (Fsp3) is 0.562. The second-order valence-corrected chi connectivity index (χ2v) is 5.74. The first-order valence-electron chi connectivity index (χ1n) is 7.40. The maximum atomic E-state index is 13.6. The Bertz CT molecular complexity index is 473. The molecule has 1 aliphatic rings. The molecule has 1 aromatic rings. The van der Waals surface area contributed by atoms with Crippen molar-refractivity contribution in [2.45, 2.75) is 19.4 Å². The number of hydrogen-bond donors (Lipinski definition) is 1. The van der Waals surface area contributed by atoms with Crippen LogP contribution in [0.15, 0.2) is 24.3 Å². The maximum Gasteiger partial charge on any atom is 0.236 e. The molecular weight excluding hydrogens is 271 g/mol. The van der Waals surface area contributed by atoms with Crippen LogP contribution in [0.25, 0.3) is 0 Å². The van der Waals surface area contributed by atoms with Gasteiger partial charge in [0.15, 0.2) is 0 Å². The van der Waals surface area contributed by atoms with Gasteiger partial charge in [0, 0.05) is 25.8 Å². The number of benzene rings is 1. The molecule has 1 saturated heterocycles. The highest BCUT2D eigenvalue weighted by molar-refractivity contribution is 5.78. The zero-order chi connectivity index (χ0) is 15.2. The molecule has 1 N–H and O–H groups in total. The van der Waals surface area contributed by atoms with E-state index in [0.717, 1.165) is 25.9 Å². The van der Waals surface area contributed by atoms with Crippen molar-refractivity contribution < 1.29 is 14.3 Å². The lowest BCUT2D eigenvalue weighted by Crippen LogP contribution is -2.42. The van der Waals surface area contributed by atoms with Gasteiger partial charge in [0.25, 0.3) is 0 Å². The molecule has 0 aromatic heterocycles. The molecule has 5 heteroatoms. The van der Waals surface area contributed by atoms with Gasteiger partial charge in [0.1, 0.15) is 5.82 Å². The molecule has 1 aliphatic heterocycles. The number of piperidine rings is 1. The van der Waals surface area contributed by atoms with E-state index in [9.17, 15) is 9.18 Å². The lowest BCUT2D eigenvalue weighted by atomic mass is 9.98. The third-order valence-corrected chi connectivity index (χ3v) is 4.12. The number of aliphatic hydroxyl groups excluding tert-OH is 1. The summed E-state index contributed by atoms with van der Waals surface area (Å²) < 4.78 is 13.6. The molecule has 4 nitrogen and oxygen atoms in total. The Kier molecular flexibility index (Phi) is 5.70. The van der Waals surface area contributed by atoms with Gasteiger partial charge >= 0.3 is 0 Å². The highest BCUT2D eigenvalue weighted by Gasteiger charge is 2.21. The summed E-state index contributed by atoms with van der Waals surface area (Å²) >= 11 is 0. The van der Waals surface area contributed by atoms with Crippen LogP contribution in [-0.4, -0.2) is 54.1 Å². The number of amides is 1. The van der Waals surface area contributed by atoms with Crippen LogP contribution < -0.4 is 0 Å². The van der Waals surface area contributed by atoms with Gasteiger partial charge in [-0.3, -0.25) is 9.69 Å². The van der Waals surface area contributed by atoms with Gasteiger partial charge < -0.3 is 10.0 Å². The smallest absolute Gasteiger partial charge is 0.236 e. The lowest BCUT2D eigenvalue weighted by molar-refractivity contribution is -0.132. The summed E-state index contributed by atoms with van der Waals surface area (Å²) in [5.41, 5.74) is 0.535. The van der Waals surface area contributed by atoms with Gasteiger partial charge in [-0.2, -0.15) is 0 Å². The van der Waals surface area contributed by atoms with Crippen molar-refractivity contribution in [3.8, 4) is 0 Å². The monoisotopic (exact) mass is 294 g/mol. The highest BCUT2D eigenvalue weighted by Crippen LogP contribution is 2.16. The van der Waals surface area contributed by atoms with Crippen LogP contribution in [0.1, 0.15) is 18.4 Å². The largest absolute Gasteiger partial charge is 0.396 e. The maximum absolute atomic E-state index is 13.6. The number of rotatable bonds is 5. The van der Waals surface area contributed by atoms with Gasteiger partial charge in [-0.1, -0.05) is 18.2 Å². The summed E-state index contributed by atoms with van der Waals surface area (Å²) in [6, 6.07) is 6.53. The van der Waals surface area contributed by atoms with E-state index in [-0.39, 0.29) is 18.3 Å². The van der Waals surface area contributed by atoms with E-state index in [1.807, 2.05) is 0 Å². The Morgan fingerprint density at radius 1 is 1.38 bits per heavy atom. The zero-order valence-electron chi connectivity index (χ0n) is 12.5. The molecule has 1 heterocycles. The average Bonchev–Trinajstić information content (AvgIpc) is 2.50. The molecule has 0 aliphatic carbocycles. The van der Waals surface area contributed by atoms with E-state index < -0.39 is 0 Å². The molecule has 0 bridgehead atoms. The van der Waals surface area contributed by atoms with Crippen molar-refractivity contribution in [2.75, 3.05) is 33.3 Å². The predicted molar refractivity (Wildman–Crippen MR) is 79.1 cm³/mol. The van der Waals surface area contributed by atoms with Gasteiger partial charge in [-0.15, -0.1) is 0 Å². The number of halogens is 1. The fourth-order valence-corrected chi connectivity index (χ4v) is 2.61. The van der Waals surface area contributed by atoms with Crippen LogP contribution in [0.4, 0.5) is 4.39 Å². The number of likely N-dealkylation sites (N-methyl/N-ethyl adjacent to an activating group) is 1. The van der Waals surface area contributed by atoms with E-state index in [0.29, 0.717) is 24.6 Å². The topological polar surface area (TPSA) is 43.8 Å². The summed E-state index contributed by atoms with van der Waals surface area (Å²) in [6.45, 7) is 2.56. The Morgan fingerprint density at radius 3 is 2.67 bits per heavy atom. The van der Waals surface area contributed by atoms with Crippen LogP contribution in [0.2, 0.25) is 0 Å². The van der Waals surface area contributed by atoms with Crippen LogP contribution in [0.5, 0.6) is 0 Å². The first-order chi connectivity index (χ1) is 10.1. The lowest BCUT2D eigenvalue weighted by Gasteiger charge is -2.31. The van der Waals surface area contributed by atoms with Crippen molar-refractivity contribution in [3.63, 3.8) is 0 Å². The molecule has 21 heavy (non-hydrogen) atoms. The van der Waals surface area contributed by atoms with Crippen molar-refractivity contribution >= 4 is 5.91 Å². The van der Waals surface area contributed by atoms with Gasteiger partial charge in [-0.05, 0) is 37.9 Å². The highest BCUT2D eigenvalue weighted by atomic mass is 19.1. The summed E-state index contributed by atoms with van der Waals surface area (Å²) in [7, 11) is 1.70. The Hall–Kier alpha value is -1.46. The first-order valence-corrected chi connectivity index (χ1v) is 7.40. The van der Waals surface area contributed by atoms with E-state index in [1.165, 1.54) is 6.07 Å². The number of carbonyl (C=O) groups excluding carboxylic acids is 1.